The van der Waals surface area contributed by atoms with Crippen LogP contribution in [0, 0.1) is 11.6 Å². The summed E-state index contributed by atoms with van der Waals surface area (Å²) in [4.78, 5) is 11.7. The molecule has 0 bridgehead atoms. The van der Waals surface area contributed by atoms with Crippen molar-refractivity contribution in [1.29, 1.82) is 0 Å². The Kier molecular flexibility index (Phi) is 13.4. The van der Waals surface area contributed by atoms with E-state index >= 15 is 0 Å². The maximum absolute atomic E-state index is 12.9. The van der Waals surface area contributed by atoms with Crippen molar-refractivity contribution in [2.75, 3.05) is 0 Å². The number of nitrogens with zero attached hydrogens (tertiary/aromatic N) is 3. The number of hydrogen-bond donors (Lipinski definition) is 0. The highest BCUT2D eigenvalue weighted by Crippen LogP contribution is 2.34. The molecule has 0 N–H and O–H groups in total. The topological polar surface area (TPSA) is 47.9 Å². The van der Waals surface area contributed by atoms with Crippen molar-refractivity contribution in [3.05, 3.63) is 84.4 Å². The zero-order valence-electron chi connectivity index (χ0n) is 18.8. The largest absolute Gasteiger partial charge is 0.460 e. The number of rotatable bonds is 3. The lowest BCUT2D eigenvalue weighted by Gasteiger charge is -2.28. The third-order valence-electron chi connectivity index (χ3n) is 4.46. The Morgan fingerprint density at radius 1 is 0.742 bits per heavy atom. The zero-order valence-corrected chi connectivity index (χ0v) is 18.8. The summed E-state index contributed by atoms with van der Waals surface area (Å²) in [5.41, 5.74) is 1.22. The normalized spacial score (nSPS) is 16.8. The van der Waals surface area contributed by atoms with Crippen LogP contribution in [-0.4, -0.2) is 21.1 Å². The summed E-state index contributed by atoms with van der Waals surface area (Å²) >= 11 is 0. The fourth-order valence-corrected chi connectivity index (χ4v) is 3.09. The summed E-state index contributed by atoms with van der Waals surface area (Å²) in [6.45, 7) is 8.00. The van der Waals surface area contributed by atoms with E-state index in [1.165, 1.54) is 36.2 Å². The molecule has 3 aromatic rings. The fraction of sp³-hybridized carbons (Fsp3) is 0.400. The summed E-state index contributed by atoms with van der Waals surface area (Å²) in [7, 11) is 0. The van der Waals surface area contributed by atoms with Crippen molar-refractivity contribution in [2.45, 2.75) is 65.4 Å². The molecule has 2 aromatic heterocycles. The van der Waals surface area contributed by atoms with Gasteiger partial charge in [-0.05, 0) is 67.5 Å². The number of benzene rings is 1. The average Bonchev–Trinajstić information content (AvgIpc) is 2.84. The van der Waals surface area contributed by atoms with Gasteiger partial charge in [0.25, 0.3) is 0 Å². The summed E-state index contributed by atoms with van der Waals surface area (Å²) < 4.78 is 30.5. The Bertz CT molecular complexity index is 794. The summed E-state index contributed by atoms with van der Waals surface area (Å²) in [5, 5.41) is 0. The van der Waals surface area contributed by atoms with Crippen molar-refractivity contribution in [3.63, 3.8) is 0 Å². The summed E-state index contributed by atoms with van der Waals surface area (Å²) in [6, 6.07) is 12.0. The minimum absolute atomic E-state index is 0.174. The second kappa shape index (κ2) is 15.9. The molecule has 0 unspecified atom stereocenters. The molecule has 1 saturated carbocycles. The van der Waals surface area contributed by atoms with Crippen molar-refractivity contribution in [2.24, 2.45) is 0 Å². The standard InChI is InChI=1S/C16H17FN2O.C5H4FN.2C2H6/c17-14-6-2-12(3-7-14)13-4-8-15(9-5-13)20-16-18-10-1-11-19-16;6-5-2-1-3-7-4-5;2*1-2/h1-3,6-7,10-11,13,15H,4-5,8-9H2;1-4H;2*1-2H3. The minimum atomic E-state index is -0.289. The summed E-state index contributed by atoms with van der Waals surface area (Å²) in [5.74, 6) is 0.0432. The second-order valence-corrected chi connectivity index (χ2v) is 6.35. The first kappa shape index (κ1) is 26.1. The molecule has 0 aliphatic heterocycles. The molecule has 0 radical (unpaired) electrons. The number of ether oxygens (including phenoxy) is 1. The van der Waals surface area contributed by atoms with Gasteiger partial charge in [-0.3, -0.25) is 4.98 Å². The fourth-order valence-electron chi connectivity index (χ4n) is 3.09. The molecule has 4 rings (SSSR count). The Morgan fingerprint density at radius 3 is 1.84 bits per heavy atom. The highest BCUT2D eigenvalue weighted by molar-refractivity contribution is 5.21. The van der Waals surface area contributed by atoms with Gasteiger partial charge in [-0.1, -0.05) is 39.8 Å². The first-order valence-corrected chi connectivity index (χ1v) is 11.0. The van der Waals surface area contributed by atoms with Crippen LogP contribution in [0.3, 0.4) is 0 Å². The van der Waals surface area contributed by atoms with Crippen LogP contribution in [0.4, 0.5) is 8.78 Å². The molecule has 1 fully saturated rings. The van der Waals surface area contributed by atoms with Crippen LogP contribution in [-0.2, 0) is 0 Å². The van der Waals surface area contributed by atoms with Crippen molar-refractivity contribution in [3.8, 4) is 6.01 Å². The quantitative estimate of drug-likeness (QED) is 0.450. The zero-order chi connectivity index (χ0) is 22.9. The smallest absolute Gasteiger partial charge is 0.316 e. The van der Waals surface area contributed by atoms with Gasteiger partial charge < -0.3 is 4.74 Å². The van der Waals surface area contributed by atoms with E-state index in [0.29, 0.717) is 11.9 Å². The van der Waals surface area contributed by atoms with Gasteiger partial charge in [-0.15, -0.1) is 0 Å². The van der Waals surface area contributed by atoms with Gasteiger partial charge in [0.2, 0.25) is 0 Å². The average molecular weight is 430 g/mol. The molecule has 168 valence electrons. The number of halogens is 2. The first-order valence-electron chi connectivity index (χ1n) is 11.0. The van der Waals surface area contributed by atoms with Gasteiger partial charge in [0, 0.05) is 18.6 Å². The molecule has 0 saturated heterocycles. The lowest BCUT2D eigenvalue weighted by molar-refractivity contribution is 0.134. The predicted molar refractivity (Wildman–Crippen MR) is 121 cm³/mol. The Labute approximate surface area is 184 Å². The molecule has 1 aromatic carbocycles. The van der Waals surface area contributed by atoms with E-state index in [1.54, 1.807) is 24.5 Å². The van der Waals surface area contributed by atoms with Crippen LogP contribution in [0.15, 0.2) is 67.3 Å². The lowest BCUT2D eigenvalue weighted by atomic mass is 9.83. The maximum Gasteiger partial charge on any atom is 0.316 e. The molecule has 1 aliphatic rings. The molecule has 6 heteroatoms. The van der Waals surface area contributed by atoms with Gasteiger partial charge in [0.15, 0.2) is 0 Å². The van der Waals surface area contributed by atoms with Crippen LogP contribution >= 0.6 is 0 Å². The van der Waals surface area contributed by atoms with E-state index in [0.717, 1.165) is 25.7 Å². The predicted octanol–water partition coefficient (Wildman–Crippen LogP) is 6.99. The Balaban J connectivity index is 0.000000366. The molecule has 2 heterocycles. The molecule has 1 aliphatic carbocycles. The van der Waals surface area contributed by atoms with E-state index in [9.17, 15) is 8.78 Å². The lowest BCUT2D eigenvalue weighted by Crippen LogP contribution is -2.24. The first-order chi connectivity index (χ1) is 15.2. The highest BCUT2D eigenvalue weighted by Gasteiger charge is 2.24. The van der Waals surface area contributed by atoms with E-state index in [-0.39, 0.29) is 17.7 Å². The number of pyridine rings is 1. The van der Waals surface area contributed by atoms with Crippen LogP contribution in [0.2, 0.25) is 0 Å². The second-order valence-electron chi connectivity index (χ2n) is 6.35. The summed E-state index contributed by atoms with van der Waals surface area (Å²) in [6.07, 6.45) is 10.4. The Morgan fingerprint density at radius 2 is 1.35 bits per heavy atom. The molecule has 0 atom stereocenters. The third-order valence-corrected chi connectivity index (χ3v) is 4.46. The van der Waals surface area contributed by atoms with Gasteiger partial charge in [-0.25, -0.2) is 18.7 Å². The van der Waals surface area contributed by atoms with E-state index in [2.05, 4.69) is 15.0 Å². The third kappa shape index (κ3) is 10.1. The van der Waals surface area contributed by atoms with Crippen molar-refractivity contribution >= 4 is 0 Å². The van der Waals surface area contributed by atoms with E-state index < -0.39 is 0 Å². The van der Waals surface area contributed by atoms with E-state index in [4.69, 9.17) is 4.74 Å². The molecule has 31 heavy (non-hydrogen) atoms. The molecule has 0 spiro atoms. The monoisotopic (exact) mass is 429 g/mol. The number of hydrogen-bond acceptors (Lipinski definition) is 4. The van der Waals surface area contributed by atoms with Crippen molar-refractivity contribution < 1.29 is 13.5 Å². The SMILES string of the molecule is CC.CC.Fc1ccc(C2CCC(Oc3ncccn3)CC2)cc1.Fc1cccnc1. The molecule has 4 nitrogen and oxygen atoms in total. The van der Waals surface area contributed by atoms with Crippen LogP contribution < -0.4 is 4.74 Å². The van der Waals surface area contributed by atoms with E-state index in [1.807, 2.05) is 39.8 Å². The molecular weight excluding hydrogens is 396 g/mol. The minimum Gasteiger partial charge on any atom is -0.460 e. The number of aromatic nitrogens is 3. The van der Waals surface area contributed by atoms with Gasteiger partial charge in [0.1, 0.15) is 17.7 Å². The van der Waals surface area contributed by atoms with Crippen LogP contribution in [0.25, 0.3) is 0 Å². The van der Waals surface area contributed by atoms with Gasteiger partial charge in [-0.2, -0.15) is 0 Å². The van der Waals surface area contributed by atoms with Gasteiger partial charge >= 0.3 is 6.01 Å². The maximum atomic E-state index is 12.9. The van der Waals surface area contributed by atoms with Crippen LogP contribution in [0.1, 0.15) is 64.9 Å². The van der Waals surface area contributed by atoms with Crippen molar-refractivity contribution in [1.82, 2.24) is 15.0 Å². The highest BCUT2D eigenvalue weighted by atomic mass is 19.1. The molecule has 0 amide bonds. The van der Waals surface area contributed by atoms with Crippen LogP contribution in [0.5, 0.6) is 6.01 Å². The van der Waals surface area contributed by atoms with Gasteiger partial charge in [0.05, 0.1) is 6.20 Å². The Hall–Kier alpha value is -2.89. The molecular formula is C25H33F2N3O.